The minimum absolute atomic E-state index is 0.0868. The van der Waals surface area contributed by atoms with Crippen LogP contribution in [0, 0.1) is 5.82 Å². The summed E-state index contributed by atoms with van der Waals surface area (Å²) < 4.78 is 33.7. The highest BCUT2D eigenvalue weighted by atomic mass is 19.1. The summed E-state index contributed by atoms with van der Waals surface area (Å²) in [4.78, 5) is 24.1. The fourth-order valence-corrected chi connectivity index (χ4v) is 2.50. The van der Waals surface area contributed by atoms with E-state index < -0.39 is 12.0 Å². The first kappa shape index (κ1) is 21.8. The molecule has 8 nitrogen and oxygen atoms in total. The molecule has 1 aromatic heterocycles. The van der Waals surface area contributed by atoms with Gasteiger partial charge in [-0.25, -0.2) is 9.18 Å². The Balaban J connectivity index is 1.53. The van der Waals surface area contributed by atoms with Crippen molar-refractivity contribution in [3.05, 3.63) is 78.0 Å². The first-order chi connectivity index (χ1) is 15.0. The molecule has 31 heavy (non-hydrogen) atoms. The minimum atomic E-state index is -0.627. The Morgan fingerprint density at radius 1 is 0.968 bits per heavy atom. The molecular weight excluding hydrogens is 407 g/mol. The zero-order valence-electron chi connectivity index (χ0n) is 16.7. The maximum absolute atomic E-state index is 12.9. The molecular formula is C22H21FN2O6. The number of methoxy groups -OCH3 is 1. The molecule has 3 rings (SSSR count). The van der Waals surface area contributed by atoms with Gasteiger partial charge in [0.25, 0.3) is 5.91 Å². The number of nitrogens with one attached hydrogen (secondary N) is 2. The third kappa shape index (κ3) is 6.86. The Morgan fingerprint density at radius 3 is 2.45 bits per heavy atom. The molecule has 0 fully saturated rings. The summed E-state index contributed by atoms with van der Waals surface area (Å²) in [6, 6.07) is 15.3. The number of furan rings is 1. The Morgan fingerprint density at radius 2 is 1.71 bits per heavy atom. The van der Waals surface area contributed by atoms with Gasteiger partial charge in [-0.15, -0.1) is 0 Å². The van der Waals surface area contributed by atoms with E-state index in [0.717, 1.165) is 0 Å². The standard InChI is InChI=1S/C22H21FN2O6/c1-28-11-12-29-22(27)25-17-4-2-3-16(13-17)24-21(26)20-10-9-19(31-20)14-30-18-7-5-15(23)6-8-18/h2-10,13H,11-12,14H2,1H3,(H,24,26)(H,25,27). The summed E-state index contributed by atoms with van der Waals surface area (Å²) in [5.41, 5.74) is 0.910. The molecule has 0 radical (unpaired) electrons. The van der Waals surface area contributed by atoms with Gasteiger partial charge in [0.1, 0.15) is 30.5 Å². The molecule has 0 aliphatic carbocycles. The molecule has 3 aromatic rings. The van der Waals surface area contributed by atoms with E-state index in [1.165, 1.54) is 37.4 Å². The lowest BCUT2D eigenvalue weighted by Crippen LogP contribution is -2.16. The van der Waals surface area contributed by atoms with E-state index in [4.69, 9.17) is 18.6 Å². The third-order valence-corrected chi connectivity index (χ3v) is 3.97. The van der Waals surface area contributed by atoms with Crippen molar-refractivity contribution >= 4 is 23.4 Å². The number of hydrogen-bond donors (Lipinski definition) is 2. The van der Waals surface area contributed by atoms with Crippen LogP contribution in [0.5, 0.6) is 5.75 Å². The van der Waals surface area contributed by atoms with Crippen molar-refractivity contribution in [1.29, 1.82) is 0 Å². The SMILES string of the molecule is COCCOC(=O)Nc1cccc(NC(=O)c2ccc(COc3ccc(F)cc3)o2)c1. The molecule has 9 heteroatoms. The second kappa shape index (κ2) is 10.8. The van der Waals surface area contributed by atoms with Crippen LogP contribution >= 0.6 is 0 Å². The van der Waals surface area contributed by atoms with E-state index in [1.54, 1.807) is 30.3 Å². The molecule has 2 aromatic carbocycles. The van der Waals surface area contributed by atoms with Crippen LogP contribution in [0.3, 0.4) is 0 Å². The zero-order valence-corrected chi connectivity index (χ0v) is 16.7. The molecule has 0 saturated carbocycles. The number of benzene rings is 2. The van der Waals surface area contributed by atoms with Crippen molar-refractivity contribution in [2.75, 3.05) is 31.0 Å². The van der Waals surface area contributed by atoms with Crippen LogP contribution in [-0.2, 0) is 16.1 Å². The molecule has 1 heterocycles. The van der Waals surface area contributed by atoms with Crippen molar-refractivity contribution < 1.29 is 32.6 Å². The van der Waals surface area contributed by atoms with Crippen LogP contribution in [0.4, 0.5) is 20.6 Å². The maximum Gasteiger partial charge on any atom is 0.411 e. The number of rotatable bonds is 9. The predicted octanol–water partition coefficient (Wildman–Crippen LogP) is 4.44. The minimum Gasteiger partial charge on any atom is -0.486 e. The summed E-state index contributed by atoms with van der Waals surface area (Å²) in [6.07, 6.45) is -0.627. The lowest BCUT2D eigenvalue weighted by molar-refractivity contribution is 0.0992. The molecule has 0 aliphatic rings. The molecule has 2 amide bonds. The van der Waals surface area contributed by atoms with Crippen molar-refractivity contribution in [2.45, 2.75) is 6.61 Å². The van der Waals surface area contributed by atoms with Crippen LogP contribution in [0.1, 0.15) is 16.3 Å². The molecule has 0 spiro atoms. The van der Waals surface area contributed by atoms with Crippen molar-refractivity contribution in [3.63, 3.8) is 0 Å². The topological polar surface area (TPSA) is 99.0 Å². The Kier molecular flexibility index (Phi) is 7.61. The van der Waals surface area contributed by atoms with Crippen LogP contribution in [-0.4, -0.2) is 32.3 Å². The van der Waals surface area contributed by atoms with E-state index in [9.17, 15) is 14.0 Å². The normalized spacial score (nSPS) is 10.4. The smallest absolute Gasteiger partial charge is 0.411 e. The van der Waals surface area contributed by atoms with Crippen molar-refractivity contribution in [1.82, 2.24) is 0 Å². The number of amides is 2. The molecule has 162 valence electrons. The Labute approximate surface area is 177 Å². The number of carbonyl (C=O) groups is 2. The molecule has 0 bridgehead atoms. The van der Waals surface area contributed by atoms with E-state index in [1.807, 2.05) is 0 Å². The average molecular weight is 428 g/mol. The largest absolute Gasteiger partial charge is 0.486 e. The van der Waals surface area contributed by atoms with E-state index in [-0.39, 0.29) is 24.8 Å². The lowest BCUT2D eigenvalue weighted by atomic mass is 10.2. The average Bonchev–Trinajstić information content (AvgIpc) is 3.23. The Bertz CT molecular complexity index is 1020. The monoisotopic (exact) mass is 428 g/mol. The van der Waals surface area contributed by atoms with Gasteiger partial charge in [-0.3, -0.25) is 10.1 Å². The van der Waals surface area contributed by atoms with Gasteiger partial charge in [0, 0.05) is 18.5 Å². The maximum atomic E-state index is 12.9. The van der Waals surface area contributed by atoms with Crippen molar-refractivity contribution in [2.24, 2.45) is 0 Å². The number of hydrogen-bond acceptors (Lipinski definition) is 6. The van der Waals surface area contributed by atoms with Gasteiger partial charge in [0.15, 0.2) is 5.76 Å². The number of ether oxygens (including phenoxy) is 3. The van der Waals surface area contributed by atoms with Gasteiger partial charge >= 0.3 is 6.09 Å². The summed E-state index contributed by atoms with van der Waals surface area (Å²) in [6.45, 7) is 0.511. The van der Waals surface area contributed by atoms with Gasteiger partial charge in [-0.05, 0) is 54.6 Å². The van der Waals surface area contributed by atoms with Gasteiger partial charge in [0.05, 0.1) is 6.61 Å². The third-order valence-electron chi connectivity index (χ3n) is 3.97. The molecule has 2 N–H and O–H groups in total. The van der Waals surface area contributed by atoms with Crippen LogP contribution in [0.15, 0.2) is 65.1 Å². The highest BCUT2D eigenvalue weighted by Crippen LogP contribution is 2.18. The van der Waals surface area contributed by atoms with Gasteiger partial charge < -0.3 is 23.9 Å². The predicted molar refractivity (Wildman–Crippen MR) is 111 cm³/mol. The van der Waals surface area contributed by atoms with Gasteiger partial charge in [-0.1, -0.05) is 6.07 Å². The fourth-order valence-electron chi connectivity index (χ4n) is 2.50. The summed E-state index contributed by atoms with van der Waals surface area (Å²) in [5, 5.41) is 5.25. The summed E-state index contributed by atoms with van der Waals surface area (Å²) in [5.74, 6) is 0.187. The molecule has 0 unspecified atom stereocenters. The quantitative estimate of drug-likeness (QED) is 0.489. The molecule has 0 aliphatic heterocycles. The first-order valence-corrected chi connectivity index (χ1v) is 9.34. The fraction of sp³-hybridized carbons (Fsp3) is 0.182. The van der Waals surface area contributed by atoms with Crippen LogP contribution < -0.4 is 15.4 Å². The second-order valence-corrected chi connectivity index (χ2v) is 6.30. The number of anilines is 2. The first-order valence-electron chi connectivity index (χ1n) is 9.34. The molecule has 0 saturated heterocycles. The van der Waals surface area contributed by atoms with E-state index in [2.05, 4.69) is 10.6 Å². The van der Waals surface area contributed by atoms with Crippen LogP contribution in [0.25, 0.3) is 0 Å². The summed E-state index contributed by atoms with van der Waals surface area (Å²) >= 11 is 0. The number of halogens is 1. The van der Waals surface area contributed by atoms with Crippen LogP contribution in [0.2, 0.25) is 0 Å². The molecule has 0 atom stereocenters. The zero-order chi connectivity index (χ0) is 22.1. The number of carbonyl (C=O) groups excluding carboxylic acids is 2. The highest BCUT2D eigenvalue weighted by Gasteiger charge is 2.13. The lowest BCUT2D eigenvalue weighted by Gasteiger charge is -2.09. The van der Waals surface area contributed by atoms with Crippen molar-refractivity contribution in [3.8, 4) is 5.75 Å². The highest BCUT2D eigenvalue weighted by molar-refractivity contribution is 6.02. The summed E-state index contributed by atoms with van der Waals surface area (Å²) in [7, 11) is 1.51. The Hall–Kier alpha value is -3.85. The van der Waals surface area contributed by atoms with E-state index >= 15 is 0 Å². The van der Waals surface area contributed by atoms with Gasteiger partial charge in [0.2, 0.25) is 0 Å². The van der Waals surface area contributed by atoms with E-state index in [0.29, 0.717) is 29.5 Å². The second-order valence-electron chi connectivity index (χ2n) is 6.30. The van der Waals surface area contributed by atoms with Gasteiger partial charge in [-0.2, -0.15) is 0 Å².